The van der Waals surface area contributed by atoms with E-state index in [0.717, 1.165) is 30.8 Å². The van der Waals surface area contributed by atoms with Crippen molar-refractivity contribution in [3.05, 3.63) is 52.1 Å². The first-order chi connectivity index (χ1) is 9.61. The number of rotatable bonds is 6. The van der Waals surface area contributed by atoms with Gasteiger partial charge in [0, 0.05) is 24.9 Å². The van der Waals surface area contributed by atoms with E-state index in [4.69, 9.17) is 0 Å². The average Bonchev–Trinajstić information content (AvgIpc) is 2.87. The van der Waals surface area contributed by atoms with Crippen LogP contribution in [0.5, 0.6) is 0 Å². The summed E-state index contributed by atoms with van der Waals surface area (Å²) < 4.78 is 15.0. The van der Waals surface area contributed by atoms with Crippen molar-refractivity contribution in [3.63, 3.8) is 0 Å². The molecule has 1 heterocycles. The zero-order valence-corrected chi connectivity index (χ0v) is 11.0. The van der Waals surface area contributed by atoms with E-state index in [1.54, 1.807) is 6.20 Å². The molecule has 0 unspecified atom stereocenters. The van der Waals surface area contributed by atoms with Gasteiger partial charge >= 0.3 is 5.69 Å². The van der Waals surface area contributed by atoms with Crippen molar-refractivity contribution in [3.8, 4) is 5.69 Å². The van der Waals surface area contributed by atoms with Gasteiger partial charge in [0.2, 0.25) is 5.82 Å². The molecule has 0 aliphatic carbocycles. The molecule has 7 heteroatoms. The zero-order chi connectivity index (χ0) is 14.5. The molecular formula is C13H15FN4O2. The minimum Gasteiger partial charge on any atom is -0.311 e. The highest BCUT2D eigenvalue weighted by molar-refractivity contribution is 5.41. The first kappa shape index (κ1) is 14.1. The number of nitrogens with one attached hydrogen (secondary N) is 1. The van der Waals surface area contributed by atoms with Gasteiger partial charge in [-0.3, -0.25) is 10.1 Å². The summed E-state index contributed by atoms with van der Waals surface area (Å²) in [5.41, 5.74) is 0.748. The van der Waals surface area contributed by atoms with E-state index in [0.29, 0.717) is 12.2 Å². The molecule has 1 aromatic carbocycles. The van der Waals surface area contributed by atoms with Gasteiger partial charge in [0.1, 0.15) is 0 Å². The summed E-state index contributed by atoms with van der Waals surface area (Å²) in [6, 6.07) is 5.54. The van der Waals surface area contributed by atoms with E-state index < -0.39 is 16.4 Å². The van der Waals surface area contributed by atoms with Crippen molar-refractivity contribution in [2.75, 3.05) is 6.54 Å². The maximum atomic E-state index is 13.5. The predicted octanol–water partition coefficient (Wildman–Crippen LogP) is 2.42. The highest BCUT2D eigenvalue weighted by atomic mass is 19.1. The third-order valence-corrected chi connectivity index (χ3v) is 2.77. The Kier molecular flexibility index (Phi) is 4.41. The second kappa shape index (κ2) is 6.25. The summed E-state index contributed by atoms with van der Waals surface area (Å²) in [7, 11) is 0. The molecule has 0 aliphatic heterocycles. The van der Waals surface area contributed by atoms with Gasteiger partial charge in [-0.15, -0.1) is 0 Å². The molecular weight excluding hydrogens is 263 g/mol. The quantitative estimate of drug-likeness (QED) is 0.500. The van der Waals surface area contributed by atoms with Crippen LogP contribution in [0.1, 0.15) is 19.0 Å². The number of nitrogens with zero attached hydrogens (tertiary/aromatic N) is 3. The van der Waals surface area contributed by atoms with E-state index in [1.807, 2.05) is 6.07 Å². The topological polar surface area (TPSA) is 73.0 Å². The molecule has 0 atom stereocenters. The lowest BCUT2D eigenvalue weighted by atomic mass is 10.3. The fraction of sp³-hybridized carbons (Fsp3) is 0.308. The highest BCUT2D eigenvalue weighted by Crippen LogP contribution is 2.20. The van der Waals surface area contributed by atoms with Gasteiger partial charge in [-0.05, 0) is 25.1 Å². The number of nitro groups is 1. The summed E-state index contributed by atoms with van der Waals surface area (Å²) in [5.74, 6) is -0.867. The monoisotopic (exact) mass is 278 g/mol. The molecule has 0 aliphatic rings. The van der Waals surface area contributed by atoms with Crippen molar-refractivity contribution in [2.24, 2.45) is 0 Å². The second-order valence-electron chi connectivity index (χ2n) is 4.32. The van der Waals surface area contributed by atoms with Crippen LogP contribution in [0.2, 0.25) is 0 Å². The highest BCUT2D eigenvalue weighted by Gasteiger charge is 2.14. The van der Waals surface area contributed by atoms with Crippen LogP contribution in [0.15, 0.2) is 30.5 Å². The Hall–Kier alpha value is -2.28. The SMILES string of the molecule is CCCNCc1ccn(-c2ccc([N+](=O)[O-])c(F)c2)n1. The molecule has 0 spiro atoms. The zero-order valence-electron chi connectivity index (χ0n) is 11.0. The fourth-order valence-corrected chi connectivity index (χ4v) is 1.78. The Morgan fingerprint density at radius 2 is 2.25 bits per heavy atom. The molecule has 106 valence electrons. The maximum absolute atomic E-state index is 13.5. The molecule has 0 saturated carbocycles. The molecule has 2 rings (SSSR count). The van der Waals surface area contributed by atoms with Crippen molar-refractivity contribution in [1.29, 1.82) is 0 Å². The average molecular weight is 278 g/mol. The third-order valence-electron chi connectivity index (χ3n) is 2.77. The van der Waals surface area contributed by atoms with Crippen LogP contribution in [0.3, 0.4) is 0 Å². The van der Waals surface area contributed by atoms with Gasteiger partial charge < -0.3 is 5.32 Å². The molecule has 0 radical (unpaired) electrons. The minimum absolute atomic E-state index is 0.454. The van der Waals surface area contributed by atoms with Crippen LogP contribution in [0.25, 0.3) is 5.69 Å². The Bertz CT molecular complexity index is 612. The van der Waals surface area contributed by atoms with Crippen molar-refractivity contribution in [2.45, 2.75) is 19.9 Å². The Balaban J connectivity index is 2.15. The number of nitro benzene ring substituents is 1. The number of halogens is 1. The molecule has 0 amide bonds. The first-order valence-corrected chi connectivity index (χ1v) is 6.31. The Morgan fingerprint density at radius 3 is 2.90 bits per heavy atom. The second-order valence-corrected chi connectivity index (χ2v) is 4.32. The lowest BCUT2D eigenvalue weighted by Crippen LogP contribution is -2.14. The van der Waals surface area contributed by atoms with Gasteiger partial charge in [-0.2, -0.15) is 9.49 Å². The van der Waals surface area contributed by atoms with Gasteiger partial charge in [0.15, 0.2) is 0 Å². The summed E-state index contributed by atoms with van der Waals surface area (Å²) in [6.07, 6.45) is 2.73. The lowest BCUT2D eigenvalue weighted by Gasteiger charge is -2.02. The maximum Gasteiger partial charge on any atom is 0.304 e. The van der Waals surface area contributed by atoms with Crippen LogP contribution in [-0.4, -0.2) is 21.2 Å². The molecule has 0 saturated heterocycles. The van der Waals surface area contributed by atoms with Crippen LogP contribution >= 0.6 is 0 Å². The summed E-state index contributed by atoms with van der Waals surface area (Å²) in [5, 5.41) is 18.1. The standard InChI is InChI=1S/C13H15FN4O2/c1-2-6-15-9-10-5-7-17(16-10)11-3-4-13(18(19)20)12(14)8-11/h3-5,7-8,15H,2,6,9H2,1H3. The summed E-state index contributed by atoms with van der Waals surface area (Å²) >= 11 is 0. The van der Waals surface area contributed by atoms with E-state index in [9.17, 15) is 14.5 Å². The summed E-state index contributed by atoms with van der Waals surface area (Å²) in [6.45, 7) is 3.61. The fourth-order valence-electron chi connectivity index (χ4n) is 1.78. The van der Waals surface area contributed by atoms with E-state index in [1.165, 1.54) is 10.7 Å². The van der Waals surface area contributed by atoms with Gasteiger partial charge in [-0.25, -0.2) is 4.68 Å². The minimum atomic E-state index is -0.867. The van der Waals surface area contributed by atoms with Crippen LogP contribution in [-0.2, 0) is 6.54 Å². The summed E-state index contributed by atoms with van der Waals surface area (Å²) in [4.78, 5) is 9.81. The van der Waals surface area contributed by atoms with Gasteiger partial charge in [0.05, 0.1) is 16.3 Å². The van der Waals surface area contributed by atoms with Crippen molar-refractivity contribution < 1.29 is 9.31 Å². The molecule has 1 N–H and O–H groups in total. The molecule has 0 bridgehead atoms. The van der Waals surface area contributed by atoms with E-state index in [-0.39, 0.29) is 0 Å². The van der Waals surface area contributed by atoms with Gasteiger partial charge in [0.25, 0.3) is 0 Å². The van der Waals surface area contributed by atoms with E-state index >= 15 is 0 Å². The normalized spacial score (nSPS) is 10.7. The van der Waals surface area contributed by atoms with Gasteiger partial charge in [-0.1, -0.05) is 6.92 Å². The number of hydrogen-bond donors (Lipinski definition) is 1. The Morgan fingerprint density at radius 1 is 1.45 bits per heavy atom. The van der Waals surface area contributed by atoms with Crippen LogP contribution in [0.4, 0.5) is 10.1 Å². The van der Waals surface area contributed by atoms with Crippen molar-refractivity contribution in [1.82, 2.24) is 15.1 Å². The molecule has 20 heavy (non-hydrogen) atoms. The molecule has 0 fully saturated rings. The van der Waals surface area contributed by atoms with Crippen LogP contribution in [0, 0.1) is 15.9 Å². The number of benzene rings is 1. The molecule has 2 aromatic rings. The largest absolute Gasteiger partial charge is 0.311 e. The third kappa shape index (κ3) is 3.18. The lowest BCUT2D eigenvalue weighted by molar-refractivity contribution is -0.387. The van der Waals surface area contributed by atoms with Crippen molar-refractivity contribution >= 4 is 5.69 Å². The molecule has 6 nitrogen and oxygen atoms in total. The Labute approximate surface area is 115 Å². The smallest absolute Gasteiger partial charge is 0.304 e. The number of aromatic nitrogens is 2. The van der Waals surface area contributed by atoms with E-state index in [2.05, 4.69) is 17.3 Å². The molecule has 1 aromatic heterocycles. The van der Waals surface area contributed by atoms with Crippen LogP contribution < -0.4 is 5.32 Å². The predicted molar refractivity (Wildman–Crippen MR) is 72.2 cm³/mol. The number of hydrogen-bond acceptors (Lipinski definition) is 4. The first-order valence-electron chi connectivity index (χ1n) is 6.31.